The Labute approximate surface area is 138 Å². The maximum atomic E-state index is 11.6. The van der Waals surface area contributed by atoms with Gasteiger partial charge in [-0.1, -0.05) is 29.3 Å². The van der Waals surface area contributed by atoms with Crippen molar-refractivity contribution in [2.75, 3.05) is 6.61 Å². The maximum absolute atomic E-state index is 11.6. The van der Waals surface area contributed by atoms with Crippen molar-refractivity contribution < 1.29 is 19.4 Å². The van der Waals surface area contributed by atoms with E-state index in [0.717, 1.165) is 5.56 Å². The van der Waals surface area contributed by atoms with Crippen molar-refractivity contribution >= 4 is 29.2 Å². The first-order valence-electron chi connectivity index (χ1n) is 6.58. The number of carbonyl (C=O) groups is 1. The first-order chi connectivity index (χ1) is 10.5. The zero-order valence-corrected chi connectivity index (χ0v) is 13.3. The molecule has 2 aromatic carbocycles. The van der Waals surface area contributed by atoms with Gasteiger partial charge >= 0.3 is 5.97 Å². The Hall–Kier alpha value is -1.91. The number of hydrogen-bond donors (Lipinski definition) is 1. The summed E-state index contributed by atoms with van der Waals surface area (Å²) >= 11 is 11.9. The summed E-state index contributed by atoms with van der Waals surface area (Å²) in [5.41, 5.74) is 0.996. The van der Waals surface area contributed by atoms with Gasteiger partial charge in [0.1, 0.15) is 6.61 Å². The number of benzene rings is 2. The van der Waals surface area contributed by atoms with Crippen LogP contribution in [-0.2, 0) is 11.3 Å². The number of esters is 1. The molecule has 0 heterocycles. The lowest BCUT2D eigenvalue weighted by molar-refractivity contribution is 0.0526. The van der Waals surface area contributed by atoms with Gasteiger partial charge in [0.05, 0.1) is 12.2 Å². The van der Waals surface area contributed by atoms with Crippen LogP contribution in [0.4, 0.5) is 0 Å². The van der Waals surface area contributed by atoms with Gasteiger partial charge in [0.15, 0.2) is 11.5 Å². The quantitative estimate of drug-likeness (QED) is 0.816. The number of rotatable bonds is 5. The molecule has 2 aromatic rings. The van der Waals surface area contributed by atoms with E-state index in [1.165, 1.54) is 18.2 Å². The second kappa shape index (κ2) is 7.38. The van der Waals surface area contributed by atoms with E-state index in [0.29, 0.717) is 10.0 Å². The van der Waals surface area contributed by atoms with Crippen molar-refractivity contribution in [2.24, 2.45) is 0 Å². The smallest absolute Gasteiger partial charge is 0.338 e. The standard InChI is InChI=1S/C16H14Cl2O4/c1-2-21-16(20)10-4-6-15(14(19)7-10)22-9-11-3-5-12(17)8-13(11)18/h3-8,19H,2,9H2,1H3. The van der Waals surface area contributed by atoms with Gasteiger partial charge in [-0.05, 0) is 37.3 Å². The first kappa shape index (κ1) is 16.5. The van der Waals surface area contributed by atoms with E-state index in [-0.39, 0.29) is 30.3 Å². The molecule has 22 heavy (non-hydrogen) atoms. The van der Waals surface area contributed by atoms with Crippen LogP contribution >= 0.6 is 23.2 Å². The topological polar surface area (TPSA) is 55.8 Å². The Morgan fingerprint density at radius 3 is 2.59 bits per heavy atom. The van der Waals surface area contributed by atoms with E-state index in [2.05, 4.69) is 0 Å². The van der Waals surface area contributed by atoms with E-state index < -0.39 is 5.97 Å². The maximum Gasteiger partial charge on any atom is 0.338 e. The van der Waals surface area contributed by atoms with Gasteiger partial charge in [0.25, 0.3) is 0 Å². The average Bonchev–Trinajstić information content (AvgIpc) is 2.47. The molecular weight excluding hydrogens is 327 g/mol. The lowest BCUT2D eigenvalue weighted by atomic mass is 10.2. The summed E-state index contributed by atoms with van der Waals surface area (Å²) in [7, 11) is 0. The minimum Gasteiger partial charge on any atom is -0.504 e. The fourth-order valence-corrected chi connectivity index (χ4v) is 2.24. The summed E-state index contributed by atoms with van der Waals surface area (Å²) in [6, 6.07) is 9.40. The average molecular weight is 341 g/mol. The number of aromatic hydroxyl groups is 1. The van der Waals surface area contributed by atoms with E-state index in [4.69, 9.17) is 32.7 Å². The first-order valence-corrected chi connectivity index (χ1v) is 7.33. The van der Waals surface area contributed by atoms with Gasteiger partial charge in [-0.15, -0.1) is 0 Å². The highest BCUT2D eigenvalue weighted by atomic mass is 35.5. The molecule has 0 aliphatic carbocycles. The van der Waals surface area contributed by atoms with Gasteiger partial charge in [-0.2, -0.15) is 0 Å². The summed E-state index contributed by atoms with van der Waals surface area (Å²) in [4.78, 5) is 11.6. The molecule has 0 saturated carbocycles. The molecule has 116 valence electrons. The molecule has 0 amide bonds. The third kappa shape index (κ3) is 4.06. The Morgan fingerprint density at radius 1 is 1.18 bits per heavy atom. The molecule has 1 N–H and O–H groups in total. The van der Waals surface area contributed by atoms with Gasteiger partial charge in [-0.25, -0.2) is 4.79 Å². The van der Waals surface area contributed by atoms with Gasteiger partial charge in [0, 0.05) is 15.6 Å². The molecule has 0 fully saturated rings. The van der Waals surface area contributed by atoms with Crippen LogP contribution < -0.4 is 4.74 Å². The summed E-state index contributed by atoms with van der Waals surface area (Å²) in [5, 5.41) is 10.9. The summed E-state index contributed by atoms with van der Waals surface area (Å²) < 4.78 is 10.4. The van der Waals surface area contributed by atoms with Crippen LogP contribution in [0, 0.1) is 0 Å². The number of hydrogen-bond acceptors (Lipinski definition) is 4. The van der Waals surface area contributed by atoms with E-state index in [1.807, 2.05) is 0 Å². The highest BCUT2D eigenvalue weighted by Crippen LogP contribution is 2.29. The van der Waals surface area contributed by atoms with Gasteiger partial charge in [-0.3, -0.25) is 0 Å². The van der Waals surface area contributed by atoms with Crippen LogP contribution in [0.15, 0.2) is 36.4 Å². The Bertz CT molecular complexity index is 686. The van der Waals surface area contributed by atoms with Gasteiger partial charge in [0.2, 0.25) is 0 Å². The highest BCUT2D eigenvalue weighted by Gasteiger charge is 2.11. The Balaban J connectivity index is 2.08. The number of phenols is 1. The number of ether oxygens (including phenoxy) is 2. The highest BCUT2D eigenvalue weighted by molar-refractivity contribution is 6.35. The second-order valence-corrected chi connectivity index (χ2v) is 5.27. The van der Waals surface area contributed by atoms with Crippen LogP contribution in [0.3, 0.4) is 0 Å². The molecule has 0 bridgehead atoms. The van der Waals surface area contributed by atoms with Gasteiger partial charge < -0.3 is 14.6 Å². The fraction of sp³-hybridized carbons (Fsp3) is 0.188. The van der Waals surface area contributed by atoms with E-state index in [1.54, 1.807) is 25.1 Å². The number of phenolic OH excluding ortho intramolecular Hbond substituents is 1. The Kier molecular flexibility index (Phi) is 5.52. The second-order valence-electron chi connectivity index (χ2n) is 4.43. The zero-order valence-electron chi connectivity index (χ0n) is 11.8. The number of carbonyl (C=O) groups excluding carboxylic acids is 1. The van der Waals surface area contributed by atoms with Crippen LogP contribution in [0.5, 0.6) is 11.5 Å². The molecule has 2 rings (SSSR count). The summed E-state index contributed by atoms with van der Waals surface area (Å²) in [6.45, 7) is 2.15. The third-order valence-electron chi connectivity index (χ3n) is 2.87. The van der Waals surface area contributed by atoms with Crippen LogP contribution in [0.2, 0.25) is 10.0 Å². The Morgan fingerprint density at radius 2 is 1.95 bits per heavy atom. The van der Waals surface area contributed by atoms with Crippen molar-refractivity contribution in [1.29, 1.82) is 0 Å². The van der Waals surface area contributed by atoms with E-state index in [9.17, 15) is 9.90 Å². The molecule has 0 atom stereocenters. The van der Waals surface area contributed by atoms with Crippen molar-refractivity contribution in [3.63, 3.8) is 0 Å². The molecule has 0 radical (unpaired) electrons. The lowest BCUT2D eigenvalue weighted by Gasteiger charge is -2.10. The predicted octanol–water partition coefficient (Wildman–Crippen LogP) is 4.45. The van der Waals surface area contributed by atoms with Crippen LogP contribution in [0.1, 0.15) is 22.8 Å². The molecule has 6 heteroatoms. The molecular formula is C16H14Cl2O4. The van der Waals surface area contributed by atoms with Crippen molar-refractivity contribution in [3.05, 3.63) is 57.6 Å². The van der Waals surface area contributed by atoms with Crippen molar-refractivity contribution in [2.45, 2.75) is 13.5 Å². The minimum atomic E-state index is -0.495. The zero-order chi connectivity index (χ0) is 16.1. The van der Waals surface area contributed by atoms with Crippen molar-refractivity contribution in [1.82, 2.24) is 0 Å². The molecule has 0 aliphatic rings. The third-order valence-corrected chi connectivity index (χ3v) is 3.46. The number of halogens is 2. The van der Waals surface area contributed by atoms with Crippen LogP contribution in [-0.4, -0.2) is 17.7 Å². The SMILES string of the molecule is CCOC(=O)c1ccc(OCc2ccc(Cl)cc2Cl)c(O)c1. The minimum absolute atomic E-state index is 0.143. The summed E-state index contributed by atoms with van der Waals surface area (Å²) in [5.74, 6) is -0.389. The monoisotopic (exact) mass is 340 g/mol. The molecule has 4 nitrogen and oxygen atoms in total. The van der Waals surface area contributed by atoms with Crippen LogP contribution in [0.25, 0.3) is 0 Å². The fourth-order valence-electron chi connectivity index (χ4n) is 1.78. The molecule has 0 aliphatic heterocycles. The van der Waals surface area contributed by atoms with E-state index >= 15 is 0 Å². The molecule has 0 saturated heterocycles. The largest absolute Gasteiger partial charge is 0.504 e. The normalized spacial score (nSPS) is 10.3. The lowest BCUT2D eigenvalue weighted by Crippen LogP contribution is -2.04. The molecule has 0 unspecified atom stereocenters. The predicted molar refractivity (Wildman–Crippen MR) is 84.9 cm³/mol. The molecule has 0 aromatic heterocycles. The molecule has 0 spiro atoms. The summed E-state index contributed by atoms with van der Waals surface area (Å²) in [6.07, 6.45) is 0. The van der Waals surface area contributed by atoms with Crippen molar-refractivity contribution in [3.8, 4) is 11.5 Å².